The Balaban J connectivity index is 1.92. The van der Waals surface area contributed by atoms with Crippen LogP contribution in [0.5, 0.6) is 0 Å². The predicted molar refractivity (Wildman–Crippen MR) is 82.2 cm³/mol. The molecule has 0 unspecified atom stereocenters. The van der Waals surface area contributed by atoms with Crippen LogP contribution in [0.2, 0.25) is 0 Å². The fourth-order valence-corrected chi connectivity index (χ4v) is 2.29. The van der Waals surface area contributed by atoms with Crippen LogP contribution < -0.4 is 5.32 Å². The zero-order valence-electron chi connectivity index (χ0n) is 12.6. The third-order valence-electron chi connectivity index (χ3n) is 3.38. The van der Waals surface area contributed by atoms with E-state index in [1.54, 1.807) is 17.7 Å². The third-order valence-corrected chi connectivity index (χ3v) is 3.38. The van der Waals surface area contributed by atoms with E-state index in [2.05, 4.69) is 15.6 Å². The van der Waals surface area contributed by atoms with Crippen molar-refractivity contribution in [2.75, 3.05) is 5.32 Å². The van der Waals surface area contributed by atoms with Gasteiger partial charge in [0.1, 0.15) is 0 Å². The van der Waals surface area contributed by atoms with E-state index in [9.17, 15) is 4.79 Å². The summed E-state index contributed by atoms with van der Waals surface area (Å²) >= 11 is 0. The molecule has 6 heteroatoms. The predicted octanol–water partition coefficient (Wildman–Crippen LogP) is 3.04. The maximum Gasteiger partial charge on any atom is 0.294 e. The standard InChI is InChI=1S/C16H16N4O2/c1-10-9-14(22-19-10)16(21)17-15-11(2)18-20(12(15)3)13-7-5-4-6-8-13/h4-9H,1-3H3,(H,17,21). The lowest BCUT2D eigenvalue weighted by Crippen LogP contribution is -2.12. The average Bonchev–Trinajstić information content (AvgIpc) is 3.07. The van der Waals surface area contributed by atoms with E-state index in [4.69, 9.17) is 4.52 Å². The Kier molecular flexibility index (Phi) is 3.50. The average molecular weight is 296 g/mol. The SMILES string of the molecule is Cc1cc(C(=O)Nc2c(C)nn(-c3ccccc3)c2C)on1. The zero-order valence-corrected chi connectivity index (χ0v) is 12.6. The molecule has 0 radical (unpaired) electrons. The van der Waals surface area contributed by atoms with E-state index < -0.39 is 0 Å². The van der Waals surface area contributed by atoms with Crippen molar-refractivity contribution in [3.63, 3.8) is 0 Å². The Labute approximate surface area is 127 Å². The van der Waals surface area contributed by atoms with Crippen molar-refractivity contribution in [1.82, 2.24) is 14.9 Å². The van der Waals surface area contributed by atoms with Crippen molar-refractivity contribution in [3.8, 4) is 5.69 Å². The first-order valence-corrected chi connectivity index (χ1v) is 6.92. The van der Waals surface area contributed by atoms with Crippen molar-refractivity contribution < 1.29 is 9.32 Å². The van der Waals surface area contributed by atoms with Crippen LogP contribution in [0.15, 0.2) is 40.9 Å². The van der Waals surface area contributed by atoms with Crippen molar-refractivity contribution in [2.45, 2.75) is 20.8 Å². The summed E-state index contributed by atoms with van der Waals surface area (Å²) in [5, 5.41) is 11.1. The number of para-hydroxylation sites is 1. The second-order valence-corrected chi connectivity index (χ2v) is 5.08. The summed E-state index contributed by atoms with van der Waals surface area (Å²) in [5.74, 6) is -0.150. The Hall–Kier alpha value is -2.89. The van der Waals surface area contributed by atoms with Crippen LogP contribution in [0.3, 0.4) is 0 Å². The molecule has 1 N–H and O–H groups in total. The summed E-state index contributed by atoms with van der Waals surface area (Å²) in [5.41, 5.74) is 3.89. The fourth-order valence-electron chi connectivity index (χ4n) is 2.29. The molecule has 0 spiro atoms. The lowest BCUT2D eigenvalue weighted by atomic mass is 10.2. The number of anilines is 1. The molecule has 0 atom stereocenters. The molecule has 3 aromatic rings. The lowest BCUT2D eigenvalue weighted by molar-refractivity contribution is 0.0987. The van der Waals surface area contributed by atoms with Gasteiger partial charge in [0.15, 0.2) is 0 Å². The second kappa shape index (κ2) is 5.48. The van der Waals surface area contributed by atoms with E-state index in [0.29, 0.717) is 11.4 Å². The van der Waals surface area contributed by atoms with Crippen LogP contribution in [0.4, 0.5) is 5.69 Å². The fraction of sp³-hybridized carbons (Fsp3) is 0.188. The van der Waals surface area contributed by atoms with Gasteiger partial charge in [0, 0.05) is 6.07 Å². The van der Waals surface area contributed by atoms with E-state index in [1.165, 1.54) is 0 Å². The van der Waals surface area contributed by atoms with Gasteiger partial charge in [-0.3, -0.25) is 4.79 Å². The highest BCUT2D eigenvalue weighted by atomic mass is 16.5. The van der Waals surface area contributed by atoms with Gasteiger partial charge >= 0.3 is 0 Å². The number of carbonyl (C=O) groups is 1. The van der Waals surface area contributed by atoms with E-state index in [1.807, 2.05) is 44.2 Å². The summed E-state index contributed by atoms with van der Waals surface area (Å²) in [4.78, 5) is 12.2. The third kappa shape index (κ3) is 2.50. The Morgan fingerprint density at radius 1 is 1.18 bits per heavy atom. The van der Waals surface area contributed by atoms with Crippen LogP contribution in [-0.4, -0.2) is 20.8 Å². The van der Waals surface area contributed by atoms with Crippen molar-refractivity contribution in [2.24, 2.45) is 0 Å². The molecule has 3 rings (SSSR count). The first kappa shape index (κ1) is 14.1. The summed E-state index contributed by atoms with van der Waals surface area (Å²) in [6.45, 7) is 5.53. The van der Waals surface area contributed by atoms with Gasteiger partial charge in [0.25, 0.3) is 5.91 Å². The van der Waals surface area contributed by atoms with Gasteiger partial charge in [-0.05, 0) is 32.9 Å². The molecule has 0 saturated carbocycles. The largest absolute Gasteiger partial charge is 0.351 e. The zero-order chi connectivity index (χ0) is 15.7. The normalized spacial score (nSPS) is 10.7. The summed E-state index contributed by atoms with van der Waals surface area (Å²) in [6.07, 6.45) is 0. The number of hydrogen-bond donors (Lipinski definition) is 1. The van der Waals surface area contributed by atoms with Gasteiger partial charge in [-0.25, -0.2) is 4.68 Å². The van der Waals surface area contributed by atoms with Gasteiger partial charge < -0.3 is 9.84 Å². The smallest absolute Gasteiger partial charge is 0.294 e. The number of amides is 1. The molecule has 0 saturated heterocycles. The molecular formula is C16H16N4O2. The molecular weight excluding hydrogens is 280 g/mol. The van der Waals surface area contributed by atoms with Crippen molar-refractivity contribution in [1.29, 1.82) is 0 Å². The lowest BCUT2D eigenvalue weighted by Gasteiger charge is -2.05. The molecule has 112 valence electrons. The molecule has 6 nitrogen and oxygen atoms in total. The van der Waals surface area contributed by atoms with Gasteiger partial charge in [0.2, 0.25) is 5.76 Å². The van der Waals surface area contributed by atoms with Crippen LogP contribution in [0.25, 0.3) is 5.69 Å². The molecule has 2 aromatic heterocycles. The summed E-state index contributed by atoms with van der Waals surface area (Å²) in [6, 6.07) is 11.4. The van der Waals surface area contributed by atoms with Crippen LogP contribution >= 0.6 is 0 Å². The number of nitrogens with zero attached hydrogens (tertiary/aromatic N) is 3. The van der Waals surface area contributed by atoms with Crippen molar-refractivity contribution >= 4 is 11.6 Å². The van der Waals surface area contributed by atoms with E-state index >= 15 is 0 Å². The van der Waals surface area contributed by atoms with Crippen LogP contribution in [0, 0.1) is 20.8 Å². The number of aromatic nitrogens is 3. The molecule has 1 aromatic carbocycles. The number of carbonyl (C=O) groups excluding carboxylic acids is 1. The number of aryl methyl sites for hydroxylation is 2. The van der Waals surface area contributed by atoms with Gasteiger partial charge in [-0.15, -0.1) is 0 Å². The molecule has 2 heterocycles. The topological polar surface area (TPSA) is 73.0 Å². The number of hydrogen-bond acceptors (Lipinski definition) is 4. The van der Waals surface area contributed by atoms with Crippen molar-refractivity contribution in [3.05, 3.63) is 59.2 Å². The van der Waals surface area contributed by atoms with Crippen LogP contribution in [0.1, 0.15) is 27.6 Å². The number of benzene rings is 1. The Morgan fingerprint density at radius 2 is 1.91 bits per heavy atom. The van der Waals surface area contributed by atoms with E-state index in [-0.39, 0.29) is 11.7 Å². The molecule has 22 heavy (non-hydrogen) atoms. The monoisotopic (exact) mass is 296 g/mol. The molecule has 0 aliphatic heterocycles. The van der Waals surface area contributed by atoms with E-state index in [0.717, 1.165) is 17.1 Å². The Morgan fingerprint density at radius 3 is 2.55 bits per heavy atom. The van der Waals surface area contributed by atoms with Gasteiger partial charge in [-0.2, -0.15) is 5.10 Å². The quantitative estimate of drug-likeness (QED) is 0.806. The number of nitrogens with one attached hydrogen (secondary N) is 1. The molecule has 0 aliphatic rings. The maximum atomic E-state index is 12.2. The van der Waals surface area contributed by atoms with Gasteiger partial charge in [0.05, 0.1) is 28.5 Å². The minimum absolute atomic E-state index is 0.184. The molecule has 0 fully saturated rings. The van der Waals surface area contributed by atoms with Crippen LogP contribution in [-0.2, 0) is 0 Å². The molecule has 1 amide bonds. The summed E-state index contributed by atoms with van der Waals surface area (Å²) < 4.78 is 6.78. The Bertz CT molecular complexity index is 818. The molecule has 0 bridgehead atoms. The highest BCUT2D eigenvalue weighted by Gasteiger charge is 2.18. The first-order valence-electron chi connectivity index (χ1n) is 6.92. The maximum absolute atomic E-state index is 12.2. The minimum atomic E-state index is -0.334. The second-order valence-electron chi connectivity index (χ2n) is 5.08. The minimum Gasteiger partial charge on any atom is -0.351 e. The highest BCUT2D eigenvalue weighted by Crippen LogP contribution is 2.23. The summed E-state index contributed by atoms with van der Waals surface area (Å²) in [7, 11) is 0. The first-order chi connectivity index (χ1) is 10.6. The van der Waals surface area contributed by atoms with Gasteiger partial charge in [-0.1, -0.05) is 23.4 Å². The highest BCUT2D eigenvalue weighted by molar-refractivity contribution is 6.02. The molecule has 0 aliphatic carbocycles. The number of rotatable bonds is 3.